The van der Waals surface area contributed by atoms with Crippen LogP contribution in [0.5, 0.6) is 0 Å². The number of nitrogens with two attached hydrogens (primary N) is 1. The second-order valence-corrected chi connectivity index (χ2v) is 5.25. The number of anilines is 2. The molecule has 7 heteroatoms. The van der Waals surface area contributed by atoms with Gasteiger partial charge in [-0.25, -0.2) is 14.8 Å². The summed E-state index contributed by atoms with van der Waals surface area (Å²) in [5.74, 6) is -1.23. The van der Waals surface area contributed by atoms with E-state index in [1.165, 1.54) is 23.5 Å². The minimum Gasteiger partial charge on any atom is -0.451 e. The average molecular weight is 312 g/mol. The smallest absolute Gasteiger partial charge is 0.361 e. The zero-order valence-electron chi connectivity index (χ0n) is 12.4. The van der Waals surface area contributed by atoms with Gasteiger partial charge in [-0.1, -0.05) is 6.07 Å². The van der Waals surface area contributed by atoms with Gasteiger partial charge >= 0.3 is 5.97 Å². The van der Waals surface area contributed by atoms with Gasteiger partial charge in [-0.2, -0.15) is 0 Å². The predicted octanol–water partition coefficient (Wildman–Crippen LogP) is 1.34. The van der Waals surface area contributed by atoms with E-state index in [0.717, 1.165) is 19.3 Å². The van der Waals surface area contributed by atoms with E-state index in [1.54, 1.807) is 0 Å². The molecule has 1 aromatic heterocycles. The summed E-state index contributed by atoms with van der Waals surface area (Å²) < 4.78 is 4.90. The molecule has 1 aliphatic rings. The van der Waals surface area contributed by atoms with Gasteiger partial charge in [0.1, 0.15) is 0 Å². The van der Waals surface area contributed by atoms with Crippen molar-refractivity contribution in [1.82, 2.24) is 9.97 Å². The minimum absolute atomic E-state index is 0.0310. The molecular formula is C16H16N4O3. The van der Waals surface area contributed by atoms with Crippen molar-refractivity contribution in [3.63, 3.8) is 0 Å². The molecule has 0 radical (unpaired) electrons. The van der Waals surface area contributed by atoms with Crippen LogP contribution in [0.4, 0.5) is 11.5 Å². The van der Waals surface area contributed by atoms with Crippen molar-refractivity contribution in [2.24, 2.45) is 0 Å². The largest absolute Gasteiger partial charge is 0.451 e. The number of carbonyl (C=O) groups excluding carboxylic acids is 2. The molecule has 0 aliphatic heterocycles. The van der Waals surface area contributed by atoms with E-state index in [2.05, 4.69) is 15.3 Å². The van der Waals surface area contributed by atoms with Crippen LogP contribution in [-0.2, 0) is 22.4 Å². The highest BCUT2D eigenvalue weighted by molar-refractivity contribution is 5.96. The molecule has 0 spiro atoms. The molecular weight excluding hydrogens is 296 g/mol. The fraction of sp³-hybridized carbons (Fsp3) is 0.250. The minimum atomic E-state index is -0.778. The number of amides is 1. The molecule has 23 heavy (non-hydrogen) atoms. The van der Waals surface area contributed by atoms with Gasteiger partial charge in [0.15, 0.2) is 18.1 Å². The molecule has 0 saturated carbocycles. The number of hydrogen-bond donors (Lipinski definition) is 2. The first-order valence-corrected chi connectivity index (χ1v) is 7.29. The number of aromatic nitrogens is 2. The van der Waals surface area contributed by atoms with Gasteiger partial charge in [0.25, 0.3) is 5.91 Å². The molecule has 7 nitrogen and oxygen atoms in total. The zero-order chi connectivity index (χ0) is 16.2. The molecule has 118 valence electrons. The van der Waals surface area contributed by atoms with E-state index in [9.17, 15) is 9.59 Å². The van der Waals surface area contributed by atoms with Gasteiger partial charge in [0, 0.05) is 18.1 Å². The maximum Gasteiger partial charge on any atom is 0.361 e. The number of nitrogen functional groups attached to an aromatic ring is 1. The Hall–Kier alpha value is -2.96. The number of fused-ring (bicyclic) bond motifs is 1. The van der Waals surface area contributed by atoms with Crippen LogP contribution in [0.15, 0.2) is 30.6 Å². The van der Waals surface area contributed by atoms with Crippen molar-refractivity contribution in [3.8, 4) is 0 Å². The van der Waals surface area contributed by atoms with Gasteiger partial charge in [-0.3, -0.25) is 4.79 Å². The summed E-state index contributed by atoms with van der Waals surface area (Å²) in [6.45, 7) is -0.411. The molecule has 3 rings (SSSR count). The highest BCUT2D eigenvalue weighted by atomic mass is 16.5. The Morgan fingerprint density at radius 3 is 2.78 bits per heavy atom. The maximum absolute atomic E-state index is 11.9. The number of benzene rings is 1. The van der Waals surface area contributed by atoms with E-state index in [1.807, 2.05) is 18.2 Å². The lowest BCUT2D eigenvalue weighted by molar-refractivity contribution is -0.119. The molecule has 0 unspecified atom stereocenters. The normalized spacial score (nSPS) is 12.5. The summed E-state index contributed by atoms with van der Waals surface area (Å²) in [4.78, 5) is 31.2. The van der Waals surface area contributed by atoms with Crippen LogP contribution in [0.2, 0.25) is 0 Å². The first-order chi connectivity index (χ1) is 11.1. The summed E-state index contributed by atoms with van der Waals surface area (Å²) in [6, 6.07) is 5.83. The summed E-state index contributed by atoms with van der Waals surface area (Å²) in [5.41, 5.74) is 8.71. The van der Waals surface area contributed by atoms with Crippen molar-refractivity contribution in [3.05, 3.63) is 47.4 Å². The van der Waals surface area contributed by atoms with Crippen molar-refractivity contribution >= 4 is 23.4 Å². The lowest BCUT2D eigenvalue weighted by Gasteiger charge is -2.08. The topological polar surface area (TPSA) is 107 Å². The predicted molar refractivity (Wildman–Crippen MR) is 83.8 cm³/mol. The fourth-order valence-corrected chi connectivity index (χ4v) is 2.55. The van der Waals surface area contributed by atoms with Crippen LogP contribution in [0, 0.1) is 0 Å². The van der Waals surface area contributed by atoms with Crippen LogP contribution >= 0.6 is 0 Å². The molecule has 3 N–H and O–H groups in total. The van der Waals surface area contributed by atoms with Crippen molar-refractivity contribution in [2.45, 2.75) is 19.3 Å². The van der Waals surface area contributed by atoms with Gasteiger partial charge < -0.3 is 15.8 Å². The zero-order valence-corrected chi connectivity index (χ0v) is 12.4. The summed E-state index contributed by atoms with van der Waals surface area (Å²) in [6.07, 6.45) is 5.95. The van der Waals surface area contributed by atoms with Crippen LogP contribution in [0.1, 0.15) is 28.0 Å². The number of nitrogens with zero attached hydrogens (tertiary/aromatic N) is 2. The molecule has 1 aliphatic carbocycles. The number of ether oxygens (including phenoxy) is 1. The van der Waals surface area contributed by atoms with E-state index >= 15 is 0 Å². The lowest BCUT2D eigenvalue weighted by atomic mass is 10.1. The number of aryl methyl sites for hydroxylation is 2. The fourth-order valence-electron chi connectivity index (χ4n) is 2.55. The Bertz CT molecular complexity index is 761. The monoisotopic (exact) mass is 312 g/mol. The Labute approximate surface area is 132 Å². The van der Waals surface area contributed by atoms with E-state index in [4.69, 9.17) is 10.5 Å². The van der Waals surface area contributed by atoms with Gasteiger partial charge in [-0.05, 0) is 42.5 Å². The highest BCUT2D eigenvalue weighted by Crippen LogP contribution is 2.24. The van der Waals surface area contributed by atoms with E-state index in [0.29, 0.717) is 5.69 Å². The highest BCUT2D eigenvalue weighted by Gasteiger charge is 2.16. The first-order valence-electron chi connectivity index (χ1n) is 7.29. The molecule has 1 aromatic carbocycles. The molecule has 0 fully saturated rings. The third-order valence-corrected chi connectivity index (χ3v) is 3.64. The Morgan fingerprint density at radius 2 is 1.96 bits per heavy atom. The first kappa shape index (κ1) is 15.0. The average Bonchev–Trinajstić information content (AvgIpc) is 3.01. The number of rotatable bonds is 4. The van der Waals surface area contributed by atoms with Gasteiger partial charge in [0.05, 0.1) is 0 Å². The Balaban J connectivity index is 1.56. The van der Waals surface area contributed by atoms with Crippen LogP contribution in [-0.4, -0.2) is 28.5 Å². The SMILES string of the molecule is Nc1nccnc1C(=O)OCC(=O)Nc1ccc2c(c1)CCC2. The second kappa shape index (κ2) is 6.43. The van der Waals surface area contributed by atoms with Crippen LogP contribution in [0.3, 0.4) is 0 Å². The molecule has 0 atom stereocenters. The van der Waals surface area contributed by atoms with Crippen LogP contribution < -0.4 is 11.1 Å². The van der Waals surface area contributed by atoms with Crippen LogP contribution in [0.25, 0.3) is 0 Å². The third kappa shape index (κ3) is 3.45. The molecule has 1 heterocycles. The maximum atomic E-state index is 11.9. The molecule has 1 amide bonds. The molecule has 2 aromatic rings. The lowest BCUT2D eigenvalue weighted by Crippen LogP contribution is -2.22. The quantitative estimate of drug-likeness (QED) is 0.825. The van der Waals surface area contributed by atoms with E-state index in [-0.39, 0.29) is 11.5 Å². The van der Waals surface area contributed by atoms with Gasteiger partial charge in [0.2, 0.25) is 0 Å². The third-order valence-electron chi connectivity index (χ3n) is 3.64. The number of hydrogen-bond acceptors (Lipinski definition) is 6. The van der Waals surface area contributed by atoms with Crippen molar-refractivity contribution < 1.29 is 14.3 Å². The molecule has 0 saturated heterocycles. The number of carbonyl (C=O) groups is 2. The van der Waals surface area contributed by atoms with E-state index < -0.39 is 18.5 Å². The number of nitrogens with one attached hydrogen (secondary N) is 1. The summed E-state index contributed by atoms with van der Waals surface area (Å²) in [5, 5.41) is 2.71. The summed E-state index contributed by atoms with van der Waals surface area (Å²) in [7, 11) is 0. The Kier molecular flexibility index (Phi) is 4.18. The molecule has 0 bridgehead atoms. The van der Waals surface area contributed by atoms with Gasteiger partial charge in [-0.15, -0.1) is 0 Å². The van der Waals surface area contributed by atoms with Crippen molar-refractivity contribution in [2.75, 3.05) is 17.7 Å². The Morgan fingerprint density at radius 1 is 1.17 bits per heavy atom. The summed E-state index contributed by atoms with van der Waals surface area (Å²) >= 11 is 0. The number of esters is 1. The standard InChI is InChI=1S/C16H16N4O3/c17-15-14(18-6-7-19-15)16(22)23-9-13(21)20-12-5-4-10-2-1-3-11(10)8-12/h4-8H,1-3,9H2,(H2,17,19)(H,20,21). The van der Waals surface area contributed by atoms with Crippen molar-refractivity contribution in [1.29, 1.82) is 0 Å². The second-order valence-electron chi connectivity index (χ2n) is 5.25.